The van der Waals surface area contributed by atoms with E-state index in [-0.39, 0.29) is 0 Å². The highest BCUT2D eigenvalue weighted by atomic mass is 16.5. The summed E-state index contributed by atoms with van der Waals surface area (Å²) in [6.07, 6.45) is 5.77. The molecular formula is C65H49N5O. The van der Waals surface area contributed by atoms with Crippen LogP contribution in [0.4, 0.5) is 0 Å². The molecule has 1 atom stereocenters. The van der Waals surface area contributed by atoms with Crippen molar-refractivity contribution in [2.24, 2.45) is 5.92 Å². The van der Waals surface area contributed by atoms with Crippen molar-refractivity contribution in [2.45, 2.75) is 26.7 Å². The van der Waals surface area contributed by atoms with Crippen molar-refractivity contribution in [3.05, 3.63) is 243 Å². The minimum absolute atomic E-state index is 0.367. The molecule has 0 N–H and O–H groups in total. The van der Waals surface area contributed by atoms with Crippen LogP contribution in [0.5, 0.6) is 11.5 Å². The second-order valence-electron chi connectivity index (χ2n) is 18.9. The zero-order valence-corrected chi connectivity index (χ0v) is 39.7. The Balaban J connectivity index is 0.939. The first-order chi connectivity index (χ1) is 35.0. The van der Waals surface area contributed by atoms with Crippen LogP contribution in [-0.2, 0) is 0 Å². The van der Waals surface area contributed by atoms with Gasteiger partial charge in [0.2, 0.25) is 0 Å². The summed E-state index contributed by atoms with van der Waals surface area (Å²) >= 11 is 0. The first kappa shape index (κ1) is 42.1. The smallest absolute Gasteiger partial charge is 0.269 e. The molecule has 6 heteroatoms. The lowest BCUT2D eigenvalue weighted by Gasteiger charge is -2.17. The van der Waals surface area contributed by atoms with E-state index in [0.29, 0.717) is 11.8 Å². The minimum Gasteiger partial charge on any atom is -0.458 e. The number of imidazole rings is 1. The van der Waals surface area contributed by atoms with Crippen LogP contribution in [0.15, 0.2) is 231 Å². The molecule has 9 aromatic carbocycles. The topological polar surface area (TPSA) is 40.8 Å². The lowest BCUT2D eigenvalue weighted by molar-refractivity contribution is -0.571. The van der Waals surface area contributed by atoms with E-state index in [0.717, 1.165) is 89.5 Å². The number of benzene rings is 9. The summed E-state index contributed by atoms with van der Waals surface area (Å²) in [7, 11) is 0. The van der Waals surface area contributed by atoms with E-state index in [4.69, 9.17) is 9.72 Å². The van der Waals surface area contributed by atoms with Crippen molar-refractivity contribution in [3.63, 3.8) is 0 Å². The highest BCUT2D eigenvalue weighted by Gasteiger charge is 2.22. The van der Waals surface area contributed by atoms with Crippen molar-refractivity contribution < 1.29 is 9.30 Å². The molecule has 0 bridgehead atoms. The van der Waals surface area contributed by atoms with Gasteiger partial charge in [-0.1, -0.05) is 166 Å². The van der Waals surface area contributed by atoms with Gasteiger partial charge in [-0.05, 0) is 112 Å². The zero-order valence-electron chi connectivity index (χ0n) is 39.7. The van der Waals surface area contributed by atoms with Gasteiger partial charge in [0.05, 0.1) is 44.5 Å². The molecule has 4 heterocycles. The van der Waals surface area contributed by atoms with Gasteiger partial charge in [-0.3, -0.25) is 13.7 Å². The Morgan fingerprint density at radius 1 is 0.451 bits per heavy atom. The van der Waals surface area contributed by atoms with Crippen molar-refractivity contribution in [2.75, 3.05) is 0 Å². The van der Waals surface area contributed by atoms with Gasteiger partial charge in [0, 0.05) is 39.5 Å². The van der Waals surface area contributed by atoms with Gasteiger partial charge < -0.3 is 9.30 Å². The molecule has 0 aliphatic heterocycles. The second kappa shape index (κ2) is 17.2. The molecule has 0 saturated heterocycles. The van der Waals surface area contributed by atoms with Crippen LogP contribution in [0.1, 0.15) is 32.3 Å². The van der Waals surface area contributed by atoms with Crippen molar-refractivity contribution in [3.8, 4) is 56.6 Å². The number of nitrogens with zero attached hydrogens (tertiary/aromatic N) is 5. The van der Waals surface area contributed by atoms with Crippen LogP contribution in [0.3, 0.4) is 0 Å². The number of hydrogen-bond donors (Lipinski definition) is 0. The molecule has 340 valence electrons. The maximum Gasteiger partial charge on any atom is 0.269 e. The number of pyridine rings is 1. The summed E-state index contributed by atoms with van der Waals surface area (Å²) < 4.78 is 15.9. The number of para-hydroxylation sites is 5. The standard InChI is InChI=1S/C65H49N5O/c1-43(2)44(3)47-36-37-66-64(38-47)70-60-35-32-49(69-58-28-12-10-24-54(58)55-25-11-13-29-59(55)69)40-57(60)56-34-33-51(41-63(56)70)71-50-23-16-22-48(39-50)67-42-68(62-31-15-14-30-61(62)67)65-52(45-18-6-4-7-19-45)26-17-27-53(65)46-20-8-5-9-21-46/h4-41,43-44H,1-3H3. The number of aromatic nitrogens is 5. The van der Waals surface area contributed by atoms with E-state index in [1.807, 2.05) is 12.3 Å². The molecule has 6 nitrogen and oxygen atoms in total. The molecule has 13 rings (SSSR count). The Kier molecular flexibility index (Phi) is 10.2. The molecule has 4 aromatic heterocycles. The molecule has 1 unspecified atom stereocenters. The highest BCUT2D eigenvalue weighted by molar-refractivity contribution is 6.12. The van der Waals surface area contributed by atoms with Crippen LogP contribution in [0.2, 0.25) is 0 Å². The number of ether oxygens (including phenoxy) is 1. The molecule has 71 heavy (non-hydrogen) atoms. The second-order valence-corrected chi connectivity index (χ2v) is 18.9. The largest absolute Gasteiger partial charge is 0.458 e. The first-order valence-corrected chi connectivity index (χ1v) is 24.5. The monoisotopic (exact) mass is 915 g/mol. The van der Waals surface area contributed by atoms with Gasteiger partial charge in [-0.15, -0.1) is 0 Å². The molecule has 0 spiro atoms. The van der Waals surface area contributed by atoms with Gasteiger partial charge in [0.15, 0.2) is 0 Å². The lowest BCUT2D eigenvalue weighted by atomic mass is 9.91. The van der Waals surface area contributed by atoms with Gasteiger partial charge in [0.25, 0.3) is 6.33 Å². The SMILES string of the molecule is CC(C)C(C)c1ccnc(-n2c3ccc(-n4c5ccccc5c5ccccc54)cc3c3ccc(Oc4cccc(-n5[c-][n+](-c6c(-c7ccccc7)cccc6-c6ccccc6)c6ccccc65)c4)cc32)c1. The zero-order chi connectivity index (χ0) is 47.6. The maximum absolute atomic E-state index is 6.89. The average molecular weight is 916 g/mol. The van der Waals surface area contributed by atoms with Gasteiger partial charge in [-0.25, -0.2) is 4.98 Å². The normalized spacial score (nSPS) is 12.2. The van der Waals surface area contributed by atoms with E-state index in [2.05, 4.69) is 264 Å². The summed E-state index contributed by atoms with van der Waals surface area (Å²) in [6.45, 7) is 6.86. The Morgan fingerprint density at radius 2 is 1.06 bits per heavy atom. The minimum atomic E-state index is 0.367. The van der Waals surface area contributed by atoms with E-state index < -0.39 is 0 Å². The molecular weight excluding hydrogens is 867 g/mol. The average Bonchev–Trinajstić information content (AvgIpc) is 4.09. The predicted octanol–water partition coefficient (Wildman–Crippen LogP) is 16.2. The quantitative estimate of drug-likeness (QED) is 0.101. The fraction of sp³-hybridized carbons (Fsp3) is 0.0769. The third-order valence-electron chi connectivity index (χ3n) is 14.4. The molecule has 0 saturated carbocycles. The molecule has 0 aliphatic rings. The number of hydrogen-bond acceptors (Lipinski definition) is 2. The fourth-order valence-corrected chi connectivity index (χ4v) is 10.6. The lowest BCUT2D eigenvalue weighted by Crippen LogP contribution is -2.31. The van der Waals surface area contributed by atoms with Crippen LogP contribution in [0.25, 0.3) is 99.8 Å². The van der Waals surface area contributed by atoms with Gasteiger partial charge in [0.1, 0.15) is 17.3 Å². The summed E-state index contributed by atoms with van der Waals surface area (Å²) in [5.41, 5.74) is 15.4. The molecule has 0 amide bonds. The molecule has 0 aliphatic carbocycles. The fourth-order valence-electron chi connectivity index (χ4n) is 10.6. The van der Waals surface area contributed by atoms with E-state index >= 15 is 0 Å². The van der Waals surface area contributed by atoms with Crippen LogP contribution in [0, 0.1) is 12.2 Å². The van der Waals surface area contributed by atoms with Crippen molar-refractivity contribution >= 4 is 54.6 Å². The molecule has 0 fully saturated rings. The Labute approximate surface area is 412 Å². The van der Waals surface area contributed by atoms with E-state index in [1.54, 1.807) is 0 Å². The Morgan fingerprint density at radius 3 is 1.76 bits per heavy atom. The third kappa shape index (κ3) is 7.18. The number of rotatable bonds is 10. The predicted molar refractivity (Wildman–Crippen MR) is 291 cm³/mol. The maximum atomic E-state index is 6.89. The van der Waals surface area contributed by atoms with E-state index in [9.17, 15) is 0 Å². The summed E-state index contributed by atoms with van der Waals surface area (Å²) in [6, 6.07) is 79.7. The van der Waals surface area contributed by atoms with Crippen LogP contribution >= 0.6 is 0 Å². The van der Waals surface area contributed by atoms with Crippen LogP contribution in [-0.4, -0.2) is 18.7 Å². The molecule has 0 radical (unpaired) electrons. The Bertz CT molecular complexity index is 4030. The summed E-state index contributed by atoms with van der Waals surface area (Å²) in [5, 5.41) is 4.75. The van der Waals surface area contributed by atoms with Crippen LogP contribution < -0.4 is 9.30 Å². The van der Waals surface area contributed by atoms with Crippen molar-refractivity contribution in [1.82, 2.24) is 18.7 Å². The first-order valence-electron chi connectivity index (χ1n) is 24.5. The van der Waals surface area contributed by atoms with Gasteiger partial charge in [-0.2, -0.15) is 0 Å². The van der Waals surface area contributed by atoms with Gasteiger partial charge >= 0.3 is 0 Å². The van der Waals surface area contributed by atoms with Crippen molar-refractivity contribution in [1.29, 1.82) is 0 Å². The summed E-state index contributed by atoms with van der Waals surface area (Å²) in [4.78, 5) is 5.04. The highest BCUT2D eigenvalue weighted by Crippen LogP contribution is 2.40. The third-order valence-corrected chi connectivity index (χ3v) is 14.4. The number of fused-ring (bicyclic) bond motifs is 7. The van der Waals surface area contributed by atoms with E-state index in [1.165, 1.54) is 27.4 Å². The molecule has 13 aromatic rings. The Hall–Kier alpha value is -9.00. The summed E-state index contributed by atoms with van der Waals surface area (Å²) in [5.74, 6) is 3.18.